The number of aliphatic hydroxyl groups excluding tert-OH is 1. The molecule has 2 aromatic carbocycles. The number of allylic oxidation sites excluding steroid dienone is 1. The van der Waals surface area contributed by atoms with Gasteiger partial charge in [-0.05, 0) is 98.1 Å². The first kappa shape index (κ1) is 18.9. The summed E-state index contributed by atoms with van der Waals surface area (Å²) in [4.78, 5) is 0. The lowest BCUT2D eigenvalue weighted by Crippen LogP contribution is -2.42. The van der Waals surface area contributed by atoms with Crippen LogP contribution < -0.4 is 0 Å². The maximum atomic E-state index is 10.8. The van der Waals surface area contributed by atoms with E-state index >= 15 is 0 Å². The van der Waals surface area contributed by atoms with E-state index < -0.39 is 0 Å². The molecule has 0 spiro atoms. The van der Waals surface area contributed by atoms with E-state index in [-0.39, 0.29) is 16.9 Å². The molecule has 0 bridgehead atoms. The Bertz CT molecular complexity index is 974. The molecule has 29 heavy (non-hydrogen) atoms. The molecule has 2 heteroatoms. The van der Waals surface area contributed by atoms with Crippen LogP contribution in [0.1, 0.15) is 67.7 Å². The Morgan fingerprint density at radius 1 is 1.03 bits per heavy atom. The van der Waals surface area contributed by atoms with Gasteiger partial charge in [-0.2, -0.15) is 0 Å². The van der Waals surface area contributed by atoms with Crippen LogP contribution >= 0.6 is 0 Å². The van der Waals surface area contributed by atoms with Gasteiger partial charge in [0.25, 0.3) is 0 Å². The summed E-state index contributed by atoms with van der Waals surface area (Å²) in [6.45, 7) is 4.50. The van der Waals surface area contributed by atoms with Gasteiger partial charge in [0.1, 0.15) is 5.75 Å². The summed E-state index contributed by atoms with van der Waals surface area (Å²) in [5, 5.41) is 20.9. The number of hydrogen-bond donors (Lipinski definition) is 2. The maximum absolute atomic E-state index is 10.8. The first-order valence-electron chi connectivity index (χ1n) is 11.3. The third kappa shape index (κ3) is 2.79. The lowest BCUT2D eigenvalue weighted by atomic mass is 9.53. The third-order valence-corrected chi connectivity index (χ3v) is 8.19. The first-order valence-corrected chi connectivity index (χ1v) is 11.3. The Labute approximate surface area is 174 Å². The predicted molar refractivity (Wildman–Crippen MR) is 117 cm³/mol. The normalized spacial score (nSPS) is 30.7. The molecule has 5 rings (SSSR count). The van der Waals surface area contributed by atoms with Crippen LogP contribution in [0.4, 0.5) is 0 Å². The van der Waals surface area contributed by atoms with Gasteiger partial charge in [0, 0.05) is 5.41 Å². The number of aliphatic hydroxyl groups is 1. The molecule has 2 aromatic rings. The SMILES string of the molecule is CC[C@]12CC[C@@]3(Cc4ccccc4)C[C@@H](O)CC3=C1CCc1cc(O)cc(C)c12. The summed E-state index contributed by atoms with van der Waals surface area (Å²) in [6, 6.07) is 14.8. The zero-order valence-electron chi connectivity index (χ0n) is 17.7. The molecule has 0 aliphatic heterocycles. The van der Waals surface area contributed by atoms with Crippen LogP contribution in [0.2, 0.25) is 0 Å². The third-order valence-electron chi connectivity index (χ3n) is 8.19. The van der Waals surface area contributed by atoms with Gasteiger partial charge in [-0.1, -0.05) is 48.4 Å². The van der Waals surface area contributed by atoms with Crippen LogP contribution in [-0.2, 0) is 18.3 Å². The van der Waals surface area contributed by atoms with Gasteiger partial charge in [-0.25, -0.2) is 0 Å². The highest BCUT2D eigenvalue weighted by Gasteiger charge is 2.53. The Kier molecular flexibility index (Phi) is 4.40. The van der Waals surface area contributed by atoms with Crippen molar-refractivity contribution in [3.63, 3.8) is 0 Å². The van der Waals surface area contributed by atoms with Gasteiger partial charge >= 0.3 is 0 Å². The number of aromatic hydroxyl groups is 1. The minimum atomic E-state index is -0.212. The van der Waals surface area contributed by atoms with E-state index in [2.05, 4.69) is 44.2 Å². The standard InChI is InChI=1S/C27H32O2/c1-3-27-12-11-26(16-19-7-5-4-6-8-19)17-22(29)15-24(26)23(27)10-9-20-14-21(28)13-18(2)25(20)27/h4-8,13-14,22,28-29H,3,9-12,15-17H2,1-2H3/t22-,26+,27-/m0/s1. The lowest BCUT2D eigenvalue weighted by Gasteiger charge is -2.51. The number of fused-ring (bicyclic) bond motifs is 4. The van der Waals surface area contributed by atoms with Crippen molar-refractivity contribution in [2.75, 3.05) is 0 Å². The number of rotatable bonds is 3. The first-order chi connectivity index (χ1) is 14.0. The second-order valence-corrected chi connectivity index (χ2v) is 9.69. The molecule has 2 N–H and O–H groups in total. The smallest absolute Gasteiger partial charge is 0.116 e. The number of hydrogen-bond acceptors (Lipinski definition) is 2. The quantitative estimate of drug-likeness (QED) is 0.656. The number of phenolic OH excluding ortho intramolecular Hbond substituents is 1. The molecule has 1 saturated carbocycles. The minimum absolute atomic E-state index is 0.0882. The summed E-state index contributed by atoms with van der Waals surface area (Å²) in [6.07, 6.45) is 8.05. The average molecular weight is 389 g/mol. The monoisotopic (exact) mass is 388 g/mol. The number of aryl methyl sites for hydroxylation is 2. The summed E-state index contributed by atoms with van der Waals surface area (Å²) in [5.41, 5.74) is 8.83. The zero-order chi connectivity index (χ0) is 20.2. The van der Waals surface area contributed by atoms with Gasteiger partial charge in [0.05, 0.1) is 6.10 Å². The second kappa shape index (κ2) is 6.74. The van der Waals surface area contributed by atoms with Crippen molar-refractivity contribution in [2.45, 2.75) is 76.7 Å². The molecule has 0 radical (unpaired) electrons. The van der Waals surface area contributed by atoms with E-state index in [0.29, 0.717) is 5.75 Å². The van der Waals surface area contributed by atoms with Gasteiger partial charge in [-0.3, -0.25) is 0 Å². The highest BCUT2D eigenvalue weighted by molar-refractivity contribution is 5.56. The van der Waals surface area contributed by atoms with Crippen LogP contribution in [0.3, 0.4) is 0 Å². The summed E-state index contributed by atoms with van der Waals surface area (Å²) >= 11 is 0. The van der Waals surface area contributed by atoms with E-state index in [0.717, 1.165) is 51.4 Å². The Morgan fingerprint density at radius 2 is 1.83 bits per heavy atom. The molecule has 0 heterocycles. The van der Waals surface area contributed by atoms with Crippen molar-refractivity contribution in [3.05, 3.63) is 75.9 Å². The highest BCUT2D eigenvalue weighted by atomic mass is 16.3. The second-order valence-electron chi connectivity index (χ2n) is 9.69. The molecule has 152 valence electrons. The van der Waals surface area contributed by atoms with Crippen molar-refractivity contribution in [2.24, 2.45) is 5.41 Å². The van der Waals surface area contributed by atoms with Gasteiger partial charge in [0.15, 0.2) is 0 Å². The molecule has 3 aliphatic carbocycles. The fourth-order valence-electron chi connectivity index (χ4n) is 7.16. The Balaban J connectivity index is 1.68. The van der Waals surface area contributed by atoms with E-state index in [1.54, 1.807) is 11.1 Å². The number of phenols is 1. The predicted octanol–water partition coefficient (Wildman–Crippen LogP) is 5.77. The van der Waals surface area contributed by atoms with Crippen LogP contribution in [0.5, 0.6) is 5.75 Å². The van der Waals surface area contributed by atoms with Crippen molar-refractivity contribution in [3.8, 4) is 5.75 Å². The highest BCUT2D eigenvalue weighted by Crippen LogP contribution is 2.62. The molecule has 0 amide bonds. The van der Waals surface area contributed by atoms with E-state index in [1.807, 2.05) is 12.1 Å². The van der Waals surface area contributed by atoms with Gasteiger partial charge in [-0.15, -0.1) is 0 Å². The fourth-order valence-corrected chi connectivity index (χ4v) is 7.16. The van der Waals surface area contributed by atoms with Crippen molar-refractivity contribution < 1.29 is 10.2 Å². The van der Waals surface area contributed by atoms with E-state index in [1.165, 1.54) is 22.3 Å². The molecule has 0 saturated heterocycles. The van der Waals surface area contributed by atoms with Gasteiger partial charge < -0.3 is 10.2 Å². The molecular formula is C27H32O2. The van der Waals surface area contributed by atoms with Crippen LogP contribution in [-0.4, -0.2) is 16.3 Å². The average Bonchev–Trinajstić information content (AvgIpc) is 3.03. The van der Waals surface area contributed by atoms with E-state index in [4.69, 9.17) is 0 Å². The molecular weight excluding hydrogens is 356 g/mol. The van der Waals surface area contributed by atoms with E-state index in [9.17, 15) is 10.2 Å². The summed E-state index contributed by atoms with van der Waals surface area (Å²) < 4.78 is 0. The minimum Gasteiger partial charge on any atom is -0.508 e. The molecule has 3 atom stereocenters. The maximum Gasteiger partial charge on any atom is 0.116 e. The number of benzene rings is 2. The van der Waals surface area contributed by atoms with Crippen LogP contribution in [0.15, 0.2) is 53.6 Å². The largest absolute Gasteiger partial charge is 0.508 e. The van der Waals surface area contributed by atoms with Crippen molar-refractivity contribution in [1.82, 2.24) is 0 Å². The zero-order valence-corrected chi connectivity index (χ0v) is 17.7. The molecule has 0 aromatic heterocycles. The lowest BCUT2D eigenvalue weighted by molar-refractivity contribution is 0.148. The molecule has 2 nitrogen and oxygen atoms in total. The Hall–Kier alpha value is -2.06. The topological polar surface area (TPSA) is 40.5 Å². The summed E-state index contributed by atoms with van der Waals surface area (Å²) in [5.74, 6) is 0.397. The molecule has 3 aliphatic rings. The van der Waals surface area contributed by atoms with Gasteiger partial charge in [0.2, 0.25) is 0 Å². The van der Waals surface area contributed by atoms with Crippen molar-refractivity contribution >= 4 is 0 Å². The summed E-state index contributed by atoms with van der Waals surface area (Å²) in [7, 11) is 0. The molecule has 0 unspecified atom stereocenters. The van der Waals surface area contributed by atoms with Crippen molar-refractivity contribution in [1.29, 1.82) is 0 Å². The Morgan fingerprint density at radius 3 is 2.59 bits per heavy atom. The van der Waals surface area contributed by atoms with Crippen LogP contribution in [0.25, 0.3) is 0 Å². The van der Waals surface area contributed by atoms with Crippen LogP contribution in [0, 0.1) is 12.3 Å². The fraction of sp³-hybridized carbons (Fsp3) is 0.481. The molecule has 1 fully saturated rings.